The van der Waals surface area contributed by atoms with Crippen LogP contribution in [0.4, 0.5) is 0 Å². The summed E-state index contributed by atoms with van der Waals surface area (Å²) in [6.45, 7) is 9.46. The van der Waals surface area contributed by atoms with Gasteiger partial charge in [-0.3, -0.25) is 4.79 Å². The minimum atomic E-state index is -0.583. The molecule has 0 radical (unpaired) electrons. The van der Waals surface area contributed by atoms with Gasteiger partial charge in [-0.15, -0.1) is 0 Å². The van der Waals surface area contributed by atoms with Gasteiger partial charge >= 0.3 is 0 Å². The number of hydrogen-bond acceptors (Lipinski definition) is 7. The third-order valence-corrected chi connectivity index (χ3v) is 5.81. The van der Waals surface area contributed by atoms with E-state index < -0.39 is 11.0 Å². The molecule has 5 rings (SSSR count). The Morgan fingerprint density at radius 2 is 1.91 bits per heavy atom. The van der Waals surface area contributed by atoms with E-state index in [0.29, 0.717) is 34.6 Å². The third-order valence-electron chi connectivity index (χ3n) is 5.81. The van der Waals surface area contributed by atoms with Crippen LogP contribution >= 0.6 is 0 Å². The van der Waals surface area contributed by atoms with Gasteiger partial charge < -0.3 is 29.2 Å². The second-order valence-corrected chi connectivity index (χ2v) is 8.78. The molecule has 2 aliphatic rings. The second-order valence-electron chi connectivity index (χ2n) is 8.78. The highest BCUT2D eigenvalue weighted by Crippen LogP contribution is 2.49. The Hall–Kier alpha value is -3.87. The monoisotopic (exact) mass is 434 g/mol. The van der Waals surface area contributed by atoms with E-state index in [1.807, 2.05) is 20.8 Å². The van der Waals surface area contributed by atoms with Crippen molar-refractivity contribution in [3.8, 4) is 40.1 Å². The van der Waals surface area contributed by atoms with Crippen LogP contribution < -0.4 is 14.9 Å². The van der Waals surface area contributed by atoms with Crippen LogP contribution in [0.1, 0.15) is 31.9 Å². The van der Waals surface area contributed by atoms with Crippen molar-refractivity contribution in [3.63, 3.8) is 0 Å². The van der Waals surface area contributed by atoms with E-state index in [4.69, 9.17) is 13.9 Å². The third kappa shape index (κ3) is 2.92. The summed E-state index contributed by atoms with van der Waals surface area (Å²) in [6.07, 6.45) is 3.48. The average Bonchev–Trinajstić information content (AvgIpc) is 3.15. The van der Waals surface area contributed by atoms with Gasteiger partial charge in [0.25, 0.3) is 0 Å². The molecule has 0 bridgehead atoms. The molecule has 0 fully saturated rings. The Morgan fingerprint density at radius 3 is 2.62 bits per heavy atom. The van der Waals surface area contributed by atoms with Crippen molar-refractivity contribution in [2.75, 3.05) is 0 Å². The molecule has 3 heterocycles. The first-order valence-electron chi connectivity index (χ1n) is 10.2. The molecule has 0 saturated heterocycles. The maximum atomic E-state index is 13.0. The van der Waals surface area contributed by atoms with Crippen LogP contribution in [0, 0.1) is 0 Å². The van der Waals surface area contributed by atoms with Gasteiger partial charge in [0, 0.05) is 24.1 Å². The zero-order chi connectivity index (χ0) is 22.9. The molecule has 1 aromatic heterocycles. The molecule has 0 unspecified atom stereocenters. The molecule has 164 valence electrons. The van der Waals surface area contributed by atoms with Crippen molar-refractivity contribution in [2.24, 2.45) is 0 Å². The lowest BCUT2D eigenvalue weighted by molar-refractivity contribution is 0.158. The predicted molar refractivity (Wildman–Crippen MR) is 120 cm³/mol. The van der Waals surface area contributed by atoms with E-state index >= 15 is 0 Å². The Balaban J connectivity index is 1.74. The quantitative estimate of drug-likeness (QED) is 0.398. The highest BCUT2D eigenvalue weighted by molar-refractivity contribution is 5.92. The van der Waals surface area contributed by atoms with Crippen molar-refractivity contribution >= 4 is 17.0 Å². The van der Waals surface area contributed by atoms with Crippen LogP contribution in [0.25, 0.3) is 28.4 Å². The zero-order valence-electron chi connectivity index (χ0n) is 17.9. The molecule has 3 N–H and O–H groups in total. The van der Waals surface area contributed by atoms with E-state index in [2.05, 4.69) is 6.58 Å². The molecule has 7 heteroatoms. The number of fused-ring (bicyclic) bond motifs is 3. The lowest BCUT2D eigenvalue weighted by atomic mass is 9.99. The van der Waals surface area contributed by atoms with Crippen LogP contribution in [-0.4, -0.2) is 27.0 Å². The van der Waals surface area contributed by atoms with Gasteiger partial charge in [0.1, 0.15) is 45.7 Å². The predicted octanol–water partition coefficient (Wildman–Crippen LogP) is 4.64. The molecule has 0 amide bonds. The molecule has 3 aromatic rings. The molecule has 0 saturated carbocycles. The fraction of sp³-hybridized carbons (Fsp3) is 0.240. The molecule has 7 nitrogen and oxygen atoms in total. The van der Waals surface area contributed by atoms with Crippen molar-refractivity contribution in [1.82, 2.24) is 0 Å². The van der Waals surface area contributed by atoms with Gasteiger partial charge in [0.2, 0.25) is 0 Å². The molecule has 1 atom stereocenters. The Kier molecular flexibility index (Phi) is 4.11. The van der Waals surface area contributed by atoms with Crippen molar-refractivity contribution < 1.29 is 29.2 Å². The maximum Gasteiger partial charge on any atom is 0.197 e. The Labute approximate surface area is 183 Å². The standard InChI is InChI=1S/C25H22O7/c1-11(2)17-8-14-22(28)16(27)7-13(24(14)31-17)18-9-15(26)21-20(30-18)10-19-12(23(21)29)5-6-25(3,4)32-19/h5-7,9-10,17,27-29H,1,8H2,2-4H3/t17-/m1/s1. The number of phenols is 3. The molecular formula is C25H22O7. The normalized spacial score (nSPS) is 18.0. The highest BCUT2D eigenvalue weighted by Gasteiger charge is 2.32. The van der Waals surface area contributed by atoms with Crippen LogP contribution in [-0.2, 0) is 6.42 Å². The summed E-state index contributed by atoms with van der Waals surface area (Å²) < 4.78 is 17.9. The van der Waals surface area contributed by atoms with Crippen LogP contribution in [0.15, 0.2) is 45.6 Å². The maximum absolute atomic E-state index is 13.0. The fourth-order valence-corrected chi connectivity index (χ4v) is 4.12. The first-order valence-corrected chi connectivity index (χ1v) is 10.2. The minimum Gasteiger partial charge on any atom is -0.506 e. The topological polar surface area (TPSA) is 109 Å². The summed E-state index contributed by atoms with van der Waals surface area (Å²) in [5, 5.41) is 31.4. The smallest absolute Gasteiger partial charge is 0.197 e. The van der Waals surface area contributed by atoms with E-state index in [-0.39, 0.29) is 40.1 Å². The largest absolute Gasteiger partial charge is 0.506 e. The van der Waals surface area contributed by atoms with E-state index in [1.54, 1.807) is 18.2 Å². The lowest BCUT2D eigenvalue weighted by Gasteiger charge is -2.28. The molecule has 2 aliphatic heterocycles. The average molecular weight is 434 g/mol. The van der Waals surface area contributed by atoms with Gasteiger partial charge in [-0.05, 0) is 44.6 Å². The SMILES string of the molecule is C=C(C)[C@H]1Cc2c(O)c(O)cc(-c3cc(=O)c4c(O)c5c(cc4o3)OC(C)(C)C=C5)c2O1. The number of aromatic hydroxyl groups is 3. The van der Waals surface area contributed by atoms with Crippen molar-refractivity contribution in [1.29, 1.82) is 0 Å². The molecule has 0 aliphatic carbocycles. The molecular weight excluding hydrogens is 412 g/mol. The summed E-state index contributed by atoms with van der Waals surface area (Å²) in [6, 6.07) is 4.09. The van der Waals surface area contributed by atoms with Gasteiger partial charge in [-0.1, -0.05) is 6.58 Å². The number of ether oxygens (including phenoxy) is 2. The van der Waals surface area contributed by atoms with Crippen molar-refractivity contribution in [2.45, 2.75) is 38.9 Å². The van der Waals surface area contributed by atoms with Gasteiger partial charge in [0.15, 0.2) is 16.9 Å². The van der Waals surface area contributed by atoms with Crippen molar-refractivity contribution in [3.05, 3.63) is 57.8 Å². The van der Waals surface area contributed by atoms with Crippen LogP contribution in [0.3, 0.4) is 0 Å². The summed E-state index contributed by atoms with van der Waals surface area (Å²) in [5.41, 5.74) is 0.986. The molecule has 32 heavy (non-hydrogen) atoms. The zero-order valence-corrected chi connectivity index (χ0v) is 17.9. The number of rotatable bonds is 2. The van der Waals surface area contributed by atoms with Gasteiger partial charge in [-0.2, -0.15) is 0 Å². The summed E-state index contributed by atoms with van der Waals surface area (Å²) in [7, 11) is 0. The second kappa shape index (κ2) is 6.56. The highest BCUT2D eigenvalue weighted by atomic mass is 16.5. The first kappa shape index (κ1) is 20.1. The van der Waals surface area contributed by atoms with E-state index in [0.717, 1.165) is 5.57 Å². The Morgan fingerprint density at radius 1 is 1.16 bits per heavy atom. The number of benzene rings is 2. The lowest BCUT2D eigenvalue weighted by Crippen LogP contribution is -2.27. The van der Waals surface area contributed by atoms with Gasteiger partial charge in [-0.25, -0.2) is 0 Å². The molecule has 2 aromatic carbocycles. The fourth-order valence-electron chi connectivity index (χ4n) is 4.12. The molecule has 0 spiro atoms. The first-order chi connectivity index (χ1) is 15.1. The summed E-state index contributed by atoms with van der Waals surface area (Å²) in [5.74, 6) is -0.0116. The summed E-state index contributed by atoms with van der Waals surface area (Å²) >= 11 is 0. The van der Waals surface area contributed by atoms with Crippen LogP contribution in [0.2, 0.25) is 0 Å². The van der Waals surface area contributed by atoms with E-state index in [1.165, 1.54) is 12.1 Å². The van der Waals surface area contributed by atoms with E-state index in [9.17, 15) is 20.1 Å². The minimum absolute atomic E-state index is 0.0285. The number of phenolic OH excluding ortho intramolecular Hbond substituents is 3. The Bertz CT molecular complexity index is 1410. The van der Waals surface area contributed by atoms with Gasteiger partial charge in [0.05, 0.1) is 11.1 Å². The number of hydrogen-bond donors (Lipinski definition) is 3. The van der Waals surface area contributed by atoms with Crippen LogP contribution in [0.5, 0.6) is 28.7 Å². The summed E-state index contributed by atoms with van der Waals surface area (Å²) in [4.78, 5) is 13.0.